The fourth-order valence-electron chi connectivity index (χ4n) is 2.66. The van der Waals surface area contributed by atoms with E-state index in [-0.39, 0.29) is 6.10 Å². The molecule has 0 fully saturated rings. The fraction of sp³-hybridized carbons (Fsp3) is 0.167. The maximum atomic E-state index is 5.54. The molecule has 1 aromatic heterocycles. The van der Waals surface area contributed by atoms with Gasteiger partial charge in [0.25, 0.3) is 0 Å². The number of nitrogens with zero attached hydrogens (tertiary/aromatic N) is 4. The number of oxime groups is 1. The zero-order valence-corrected chi connectivity index (χ0v) is 12.5. The molecule has 1 aliphatic heterocycles. The Labute approximate surface area is 134 Å². The van der Waals surface area contributed by atoms with Crippen molar-refractivity contribution in [1.82, 2.24) is 15.0 Å². The van der Waals surface area contributed by atoms with E-state index < -0.39 is 0 Å². The molecule has 0 radical (unpaired) electrons. The van der Waals surface area contributed by atoms with Crippen molar-refractivity contribution in [3.63, 3.8) is 0 Å². The predicted molar refractivity (Wildman–Crippen MR) is 87.9 cm³/mol. The molecular formula is C18H16N4O. The van der Waals surface area contributed by atoms with Crippen molar-refractivity contribution in [2.24, 2.45) is 5.16 Å². The maximum Gasteiger partial charge on any atom is 0.152 e. The van der Waals surface area contributed by atoms with Gasteiger partial charge in [0.15, 0.2) is 6.10 Å². The lowest BCUT2D eigenvalue weighted by atomic mass is 10.1. The molecule has 0 amide bonds. The SMILES string of the molecule is c1ccc(C2=NOC(Cn3cc(-c4ccccc4)nn3)C2)cc1. The van der Waals surface area contributed by atoms with E-state index in [1.54, 1.807) is 0 Å². The summed E-state index contributed by atoms with van der Waals surface area (Å²) in [6, 6.07) is 20.1. The fourth-order valence-corrected chi connectivity index (χ4v) is 2.66. The van der Waals surface area contributed by atoms with Crippen molar-refractivity contribution in [3.05, 3.63) is 72.4 Å². The van der Waals surface area contributed by atoms with Crippen molar-refractivity contribution >= 4 is 5.71 Å². The highest BCUT2D eigenvalue weighted by Crippen LogP contribution is 2.19. The van der Waals surface area contributed by atoms with E-state index in [2.05, 4.69) is 15.5 Å². The largest absolute Gasteiger partial charge is 0.390 e. The second-order valence-electron chi connectivity index (χ2n) is 5.53. The minimum Gasteiger partial charge on any atom is -0.390 e. The third-order valence-electron chi connectivity index (χ3n) is 3.84. The van der Waals surface area contributed by atoms with Crippen LogP contribution in [0.2, 0.25) is 0 Å². The molecule has 0 bridgehead atoms. The highest BCUT2D eigenvalue weighted by Gasteiger charge is 2.23. The standard InChI is InChI=1S/C18H16N4O/c1-3-7-14(8-4-1)17-11-16(23-20-17)12-22-13-18(19-21-22)15-9-5-2-6-10-15/h1-10,13,16H,11-12H2. The van der Waals surface area contributed by atoms with Crippen LogP contribution in [0.5, 0.6) is 0 Å². The lowest BCUT2D eigenvalue weighted by Crippen LogP contribution is -2.17. The summed E-state index contributed by atoms with van der Waals surface area (Å²) in [6.07, 6.45) is 2.72. The smallest absolute Gasteiger partial charge is 0.152 e. The highest BCUT2D eigenvalue weighted by atomic mass is 16.6. The van der Waals surface area contributed by atoms with Crippen LogP contribution >= 0.6 is 0 Å². The Kier molecular flexibility index (Phi) is 3.60. The number of hydrogen-bond acceptors (Lipinski definition) is 4. The van der Waals surface area contributed by atoms with Gasteiger partial charge in [-0.15, -0.1) is 5.10 Å². The molecule has 3 aromatic rings. The summed E-state index contributed by atoms with van der Waals surface area (Å²) in [5.41, 5.74) is 4.03. The van der Waals surface area contributed by atoms with Crippen molar-refractivity contribution in [2.45, 2.75) is 19.1 Å². The van der Waals surface area contributed by atoms with Crippen molar-refractivity contribution < 1.29 is 4.84 Å². The number of rotatable bonds is 4. The van der Waals surface area contributed by atoms with Crippen LogP contribution in [0.4, 0.5) is 0 Å². The topological polar surface area (TPSA) is 52.3 Å². The van der Waals surface area contributed by atoms with E-state index in [0.29, 0.717) is 6.54 Å². The van der Waals surface area contributed by atoms with Gasteiger partial charge in [-0.3, -0.25) is 0 Å². The molecule has 1 atom stereocenters. The highest BCUT2D eigenvalue weighted by molar-refractivity contribution is 6.01. The molecule has 0 aliphatic carbocycles. The third-order valence-corrected chi connectivity index (χ3v) is 3.84. The summed E-state index contributed by atoms with van der Waals surface area (Å²) in [5, 5.41) is 12.6. The van der Waals surface area contributed by atoms with E-state index in [9.17, 15) is 0 Å². The van der Waals surface area contributed by atoms with Gasteiger partial charge in [0.05, 0.1) is 18.5 Å². The van der Waals surface area contributed by atoms with Crippen LogP contribution in [0.15, 0.2) is 72.0 Å². The number of benzene rings is 2. The van der Waals surface area contributed by atoms with Crippen molar-refractivity contribution in [3.8, 4) is 11.3 Å². The zero-order valence-electron chi connectivity index (χ0n) is 12.5. The summed E-state index contributed by atoms with van der Waals surface area (Å²) in [4.78, 5) is 5.54. The van der Waals surface area contributed by atoms with Crippen LogP contribution in [0.25, 0.3) is 11.3 Å². The Balaban J connectivity index is 1.42. The number of hydrogen-bond donors (Lipinski definition) is 0. The molecule has 4 rings (SSSR count). The van der Waals surface area contributed by atoms with Gasteiger partial charge in [-0.2, -0.15) is 0 Å². The second kappa shape index (κ2) is 6.04. The normalized spacial score (nSPS) is 16.9. The third kappa shape index (κ3) is 2.99. The molecule has 0 saturated carbocycles. The average Bonchev–Trinajstić information content (AvgIpc) is 3.27. The van der Waals surface area contributed by atoms with Crippen LogP contribution in [0, 0.1) is 0 Å². The Morgan fingerprint density at radius 2 is 1.65 bits per heavy atom. The monoisotopic (exact) mass is 304 g/mol. The van der Waals surface area contributed by atoms with E-state index in [0.717, 1.165) is 29.0 Å². The van der Waals surface area contributed by atoms with Gasteiger partial charge in [-0.1, -0.05) is 71.0 Å². The van der Waals surface area contributed by atoms with Gasteiger partial charge in [-0.25, -0.2) is 4.68 Å². The minimum absolute atomic E-state index is 0.00414. The van der Waals surface area contributed by atoms with E-state index in [1.165, 1.54) is 0 Å². The van der Waals surface area contributed by atoms with Crippen LogP contribution < -0.4 is 0 Å². The van der Waals surface area contributed by atoms with Gasteiger partial charge in [0.2, 0.25) is 0 Å². The Hall–Kier alpha value is -2.95. The first-order valence-electron chi connectivity index (χ1n) is 7.62. The molecular weight excluding hydrogens is 288 g/mol. The van der Waals surface area contributed by atoms with Crippen molar-refractivity contribution in [1.29, 1.82) is 0 Å². The molecule has 23 heavy (non-hydrogen) atoms. The molecule has 1 aliphatic rings. The van der Waals surface area contributed by atoms with Crippen molar-refractivity contribution in [2.75, 3.05) is 0 Å². The van der Waals surface area contributed by atoms with Gasteiger partial charge in [0.1, 0.15) is 5.69 Å². The van der Waals surface area contributed by atoms with E-state index in [1.807, 2.05) is 71.5 Å². The maximum absolute atomic E-state index is 5.54. The molecule has 2 aromatic carbocycles. The summed E-state index contributed by atoms with van der Waals surface area (Å²) < 4.78 is 1.82. The zero-order chi connectivity index (χ0) is 15.5. The summed E-state index contributed by atoms with van der Waals surface area (Å²) in [6.45, 7) is 0.639. The van der Waals surface area contributed by atoms with Crippen LogP contribution in [-0.4, -0.2) is 26.8 Å². The number of aromatic nitrogens is 3. The molecule has 2 heterocycles. The first-order valence-corrected chi connectivity index (χ1v) is 7.62. The Morgan fingerprint density at radius 3 is 2.39 bits per heavy atom. The molecule has 0 spiro atoms. The summed E-state index contributed by atoms with van der Waals surface area (Å²) >= 11 is 0. The lowest BCUT2D eigenvalue weighted by molar-refractivity contribution is 0.0693. The van der Waals surface area contributed by atoms with Gasteiger partial charge in [-0.05, 0) is 5.56 Å². The van der Waals surface area contributed by atoms with E-state index in [4.69, 9.17) is 4.84 Å². The van der Waals surface area contributed by atoms with Crippen LogP contribution in [-0.2, 0) is 11.4 Å². The van der Waals surface area contributed by atoms with E-state index >= 15 is 0 Å². The molecule has 5 heteroatoms. The molecule has 114 valence electrons. The quantitative estimate of drug-likeness (QED) is 0.744. The Bertz CT molecular complexity index is 811. The summed E-state index contributed by atoms with van der Waals surface area (Å²) in [5.74, 6) is 0. The molecule has 1 unspecified atom stereocenters. The Morgan fingerprint density at radius 1 is 0.957 bits per heavy atom. The van der Waals surface area contributed by atoms with Crippen LogP contribution in [0.1, 0.15) is 12.0 Å². The average molecular weight is 304 g/mol. The first kappa shape index (κ1) is 13.7. The second-order valence-corrected chi connectivity index (χ2v) is 5.53. The van der Waals surface area contributed by atoms with Gasteiger partial charge in [0, 0.05) is 12.0 Å². The minimum atomic E-state index is -0.00414. The van der Waals surface area contributed by atoms with Gasteiger partial charge < -0.3 is 4.84 Å². The lowest BCUT2D eigenvalue weighted by Gasteiger charge is -2.06. The van der Waals surface area contributed by atoms with Gasteiger partial charge >= 0.3 is 0 Å². The molecule has 0 saturated heterocycles. The van der Waals surface area contributed by atoms with Crippen LogP contribution in [0.3, 0.4) is 0 Å². The molecule has 0 N–H and O–H groups in total. The first-order chi connectivity index (χ1) is 11.4. The predicted octanol–water partition coefficient (Wildman–Crippen LogP) is 3.14. The molecule has 5 nitrogen and oxygen atoms in total. The summed E-state index contributed by atoms with van der Waals surface area (Å²) in [7, 11) is 0.